The molecule has 0 aromatic rings. The summed E-state index contributed by atoms with van der Waals surface area (Å²) in [6.45, 7) is 8.98. The van der Waals surface area contributed by atoms with Crippen molar-refractivity contribution in [3.8, 4) is 0 Å². The van der Waals surface area contributed by atoms with Gasteiger partial charge >= 0.3 is 0 Å². The van der Waals surface area contributed by atoms with Crippen LogP contribution in [-0.2, 0) is 0 Å². The third-order valence-corrected chi connectivity index (χ3v) is 4.46. The van der Waals surface area contributed by atoms with Gasteiger partial charge in [0.2, 0.25) is 0 Å². The molecule has 4 rings (SSSR count). The van der Waals surface area contributed by atoms with Crippen LogP contribution in [0, 0.1) is 11.3 Å². The summed E-state index contributed by atoms with van der Waals surface area (Å²) < 4.78 is 0. The summed E-state index contributed by atoms with van der Waals surface area (Å²) in [7, 11) is 0. The van der Waals surface area contributed by atoms with Crippen LogP contribution in [0.15, 0.2) is 5.16 Å². The predicted molar refractivity (Wildman–Crippen MR) is 58.3 cm³/mol. The van der Waals surface area contributed by atoms with Crippen molar-refractivity contribution in [3.05, 3.63) is 0 Å². The van der Waals surface area contributed by atoms with E-state index in [1.165, 1.54) is 13.1 Å². The molecule has 4 aliphatic rings. The summed E-state index contributed by atoms with van der Waals surface area (Å²) in [5.41, 5.74) is 1.23. The van der Waals surface area contributed by atoms with Crippen LogP contribution in [0.2, 0.25) is 0 Å². The largest absolute Gasteiger partial charge is 0.411 e. The SMILES string of the molecule is CCC12CN3CCN(CC(C3)/C1=N/O)C2. The number of rotatable bonds is 1. The molecule has 0 spiro atoms. The maximum Gasteiger partial charge on any atom is 0.0714 e. The topological polar surface area (TPSA) is 39.1 Å². The highest BCUT2D eigenvalue weighted by molar-refractivity contribution is 5.94. The van der Waals surface area contributed by atoms with Crippen LogP contribution in [0.5, 0.6) is 0 Å². The highest BCUT2D eigenvalue weighted by atomic mass is 16.4. The molecule has 4 bridgehead atoms. The van der Waals surface area contributed by atoms with Crippen LogP contribution < -0.4 is 0 Å². The van der Waals surface area contributed by atoms with Gasteiger partial charge in [-0.3, -0.25) is 0 Å². The summed E-state index contributed by atoms with van der Waals surface area (Å²) in [5, 5.41) is 12.9. The van der Waals surface area contributed by atoms with Gasteiger partial charge in [0, 0.05) is 50.6 Å². The van der Waals surface area contributed by atoms with Crippen molar-refractivity contribution in [2.24, 2.45) is 16.5 Å². The van der Waals surface area contributed by atoms with Gasteiger partial charge in [0.15, 0.2) is 0 Å². The summed E-state index contributed by atoms with van der Waals surface area (Å²) >= 11 is 0. The van der Waals surface area contributed by atoms with Crippen LogP contribution in [0.4, 0.5) is 0 Å². The molecule has 0 aliphatic carbocycles. The van der Waals surface area contributed by atoms with Gasteiger partial charge in [-0.25, -0.2) is 0 Å². The second-order valence-electron chi connectivity index (χ2n) is 5.29. The smallest absolute Gasteiger partial charge is 0.0714 e. The minimum absolute atomic E-state index is 0.145. The number of piperidine rings is 2. The summed E-state index contributed by atoms with van der Waals surface area (Å²) in [4.78, 5) is 5.10. The molecule has 0 aromatic carbocycles. The second-order valence-corrected chi connectivity index (χ2v) is 5.29. The molecule has 4 nitrogen and oxygen atoms in total. The Kier molecular flexibility index (Phi) is 2.04. The average Bonchev–Trinajstić information content (AvgIpc) is 2.47. The Labute approximate surface area is 90.5 Å². The number of hydrogen-bond donors (Lipinski definition) is 1. The van der Waals surface area contributed by atoms with E-state index in [4.69, 9.17) is 0 Å². The monoisotopic (exact) mass is 209 g/mol. The molecule has 2 unspecified atom stereocenters. The molecule has 0 amide bonds. The van der Waals surface area contributed by atoms with Gasteiger partial charge in [-0.15, -0.1) is 0 Å². The minimum atomic E-state index is 0.145. The lowest BCUT2D eigenvalue weighted by Crippen LogP contribution is -2.61. The highest BCUT2D eigenvalue weighted by Gasteiger charge is 2.51. The molecule has 0 saturated carbocycles. The minimum Gasteiger partial charge on any atom is -0.411 e. The van der Waals surface area contributed by atoms with E-state index >= 15 is 0 Å². The van der Waals surface area contributed by atoms with Gasteiger partial charge in [-0.05, 0) is 6.42 Å². The third kappa shape index (κ3) is 1.24. The molecule has 15 heavy (non-hydrogen) atoms. The van der Waals surface area contributed by atoms with Crippen LogP contribution in [-0.4, -0.2) is 60.0 Å². The standard InChI is InChI=1S/C11H19N3O/c1-2-11-7-13-3-4-14(8-11)6-9(5-13)10(11)12-15/h9,15H,2-8H2,1H3/b12-10-. The Balaban J connectivity index is 2.04. The Morgan fingerprint density at radius 3 is 2.40 bits per heavy atom. The van der Waals surface area contributed by atoms with Gasteiger partial charge in [-0.2, -0.15) is 0 Å². The van der Waals surface area contributed by atoms with Crippen LogP contribution in [0.3, 0.4) is 0 Å². The lowest BCUT2D eigenvalue weighted by molar-refractivity contribution is 0.107. The van der Waals surface area contributed by atoms with Crippen molar-refractivity contribution >= 4 is 5.71 Å². The van der Waals surface area contributed by atoms with E-state index in [2.05, 4.69) is 21.9 Å². The van der Waals surface area contributed by atoms with Crippen molar-refractivity contribution < 1.29 is 5.21 Å². The Bertz CT molecular complexity index is 286. The van der Waals surface area contributed by atoms with Gasteiger partial charge in [0.05, 0.1) is 5.71 Å². The molecule has 0 aromatic heterocycles. The fourth-order valence-corrected chi connectivity index (χ4v) is 3.70. The number of hydrogen-bond acceptors (Lipinski definition) is 4. The fourth-order valence-electron chi connectivity index (χ4n) is 3.70. The van der Waals surface area contributed by atoms with Crippen LogP contribution >= 0.6 is 0 Å². The first-order chi connectivity index (χ1) is 7.27. The van der Waals surface area contributed by atoms with Crippen molar-refractivity contribution in [3.63, 3.8) is 0 Å². The van der Waals surface area contributed by atoms with E-state index in [1.54, 1.807) is 0 Å². The molecule has 4 heterocycles. The maximum absolute atomic E-state index is 9.24. The summed E-state index contributed by atoms with van der Waals surface area (Å²) in [6, 6.07) is 0. The molecule has 4 heteroatoms. The van der Waals surface area contributed by atoms with Gasteiger partial charge in [-0.1, -0.05) is 12.1 Å². The van der Waals surface area contributed by atoms with Crippen molar-refractivity contribution in [1.82, 2.24) is 9.80 Å². The molecule has 4 saturated heterocycles. The van der Waals surface area contributed by atoms with Gasteiger partial charge in [0.1, 0.15) is 0 Å². The van der Waals surface area contributed by atoms with Crippen molar-refractivity contribution in [2.45, 2.75) is 13.3 Å². The van der Waals surface area contributed by atoms with E-state index in [1.807, 2.05) is 0 Å². The number of nitrogens with zero attached hydrogens (tertiary/aromatic N) is 3. The number of fused-ring (bicyclic) bond motifs is 1. The van der Waals surface area contributed by atoms with Crippen molar-refractivity contribution in [1.29, 1.82) is 0 Å². The van der Waals surface area contributed by atoms with E-state index < -0.39 is 0 Å². The molecule has 0 radical (unpaired) electrons. The Morgan fingerprint density at radius 1 is 1.33 bits per heavy atom. The van der Waals surface area contributed by atoms with Crippen LogP contribution in [0.25, 0.3) is 0 Å². The summed E-state index contributed by atoms with van der Waals surface area (Å²) in [6.07, 6.45) is 1.09. The molecule has 4 fully saturated rings. The fraction of sp³-hybridized carbons (Fsp3) is 0.909. The first-order valence-corrected chi connectivity index (χ1v) is 5.94. The van der Waals surface area contributed by atoms with Crippen molar-refractivity contribution in [2.75, 3.05) is 39.3 Å². The lowest BCUT2D eigenvalue weighted by atomic mass is 9.69. The molecule has 2 atom stereocenters. The average molecular weight is 209 g/mol. The first-order valence-electron chi connectivity index (χ1n) is 5.94. The van der Waals surface area contributed by atoms with Gasteiger partial charge in [0.25, 0.3) is 0 Å². The maximum atomic E-state index is 9.24. The molecular weight excluding hydrogens is 190 g/mol. The third-order valence-electron chi connectivity index (χ3n) is 4.46. The van der Waals surface area contributed by atoms with E-state index in [-0.39, 0.29) is 5.41 Å². The Morgan fingerprint density at radius 2 is 1.93 bits per heavy atom. The van der Waals surface area contributed by atoms with E-state index in [0.717, 1.165) is 38.3 Å². The normalized spacial score (nSPS) is 51.0. The molecule has 1 N–H and O–H groups in total. The zero-order valence-electron chi connectivity index (χ0n) is 9.32. The lowest BCUT2D eigenvalue weighted by Gasteiger charge is -2.49. The zero-order valence-corrected chi connectivity index (χ0v) is 9.32. The number of oxime groups is 1. The van der Waals surface area contributed by atoms with E-state index in [9.17, 15) is 5.21 Å². The van der Waals surface area contributed by atoms with E-state index in [0.29, 0.717) is 5.92 Å². The molecule has 84 valence electrons. The van der Waals surface area contributed by atoms with Gasteiger partial charge < -0.3 is 15.0 Å². The first kappa shape index (κ1) is 9.60. The highest BCUT2D eigenvalue weighted by Crippen LogP contribution is 2.40. The Hall–Kier alpha value is -0.610. The molecular formula is C11H19N3O. The summed E-state index contributed by atoms with van der Waals surface area (Å²) in [5.74, 6) is 0.472. The van der Waals surface area contributed by atoms with Crippen LogP contribution in [0.1, 0.15) is 13.3 Å². The quantitative estimate of drug-likeness (QED) is 0.504. The molecule has 4 aliphatic heterocycles. The predicted octanol–water partition coefficient (Wildman–Crippen LogP) is 0.474. The zero-order chi connectivity index (χ0) is 10.5. The second kappa shape index (κ2) is 3.19.